The third kappa shape index (κ3) is 3.79. The number of aromatic amines is 1. The molecule has 2 aliphatic rings. The van der Waals surface area contributed by atoms with Crippen molar-refractivity contribution < 1.29 is 14.3 Å². The van der Waals surface area contributed by atoms with Crippen molar-refractivity contribution in [3.05, 3.63) is 54.4 Å². The number of imidazole rings is 1. The number of aromatic nitrogens is 2. The summed E-state index contributed by atoms with van der Waals surface area (Å²) in [5.74, 6) is 0.931. The number of carbonyl (C=O) groups excluding carboxylic acids is 1. The van der Waals surface area contributed by atoms with E-state index in [4.69, 9.17) is 9.47 Å². The highest BCUT2D eigenvalue weighted by Gasteiger charge is 2.34. The van der Waals surface area contributed by atoms with Crippen LogP contribution in [-0.4, -0.2) is 34.8 Å². The number of ether oxygens (including phenoxy) is 2. The van der Waals surface area contributed by atoms with Gasteiger partial charge in [-0.2, -0.15) is 0 Å². The highest BCUT2D eigenvalue weighted by molar-refractivity contribution is 5.93. The largest absolute Gasteiger partial charge is 0.490 e. The van der Waals surface area contributed by atoms with E-state index < -0.39 is 0 Å². The van der Waals surface area contributed by atoms with E-state index in [0.29, 0.717) is 12.7 Å². The molecule has 2 heterocycles. The molecule has 1 saturated heterocycles. The molecule has 1 aromatic heterocycles. The molecule has 29 heavy (non-hydrogen) atoms. The second-order valence-electron chi connectivity index (χ2n) is 7.93. The fraction of sp³-hybridized carbons (Fsp3) is 0.391. The lowest BCUT2D eigenvalue weighted by molar-refractivity contribution is 0.155. The number of nitrogens with one attached hydrogen (secondary N) is 1. The van der Waals surface area contributed by atoms with Gasteiger partial charge in [0.15, 0.2) is 0 Å². The topological polar surface area (TPSA) is 67.5 Å². The number of hydrogen-bond acceptors (Lipinski definition) is 4. The summed E-state index contributed by atoms with van der Waals surface area (Å²) in [5.41, 5.74) is 3.78. The number of fused-ring (bicyclic) bond motifs is 1. The smallest absolute Gasteiger partial charge is 0.414 e. The molecule has 0 unspecified atom stereocenters. The van der Waals surface area contributed by atoms with Crippen molar-refractivity contribution in [3.8, 4) is 5.75 Å². The average Bonchev–Trinajstić information content (AvgIpc) is 3.36. The van der Waals surface area contributed by atoms with Gasteiger partial charge in [0.2, 0.25) is 0 Å². The standard InChI is InChI=1S/C23H25N3O3/c27-23-26(17-8-11-21-22(13-17)25-15-24-21)18(14-28-23)12-16-6-9-20(10-7-16)29-19-4-2-1-3-5-19/h6-11,13,15,18-19H,1-5,12,14H2,(H,24,25)/t18-/m0/s1. The molecule has 150 valence electrons. The number of rotatable bonds is 5. The van der Waals surface area contributed by atoms with Crippen LogP contribution >= 0.6 is 0 Å². The highest BCUT2D eigenvalue weighted by atomic mass is 16.6. The van der Waals surface area contributed by atoms with Crippen LogP contribution in [0.5, 0.6) is 5.75 Å². The Morgan fingerprint density at radius 3 is 2.76 bits per heavy atom. The molecule has 0 spiro atoms. The van der Waals surface area contributed by atoms with E-state index in [-0.39, 0.29) is 12.1 Å². The van der Waals surface area contributed by atoms with Crippen molar-refractivity contribution in [2.45, 2.75) is 50.7 Å². The van der Waals surface area contributed by atoms with E-state index in [1.807, 2.05) is 30.3 Å². The van der Waals surface area contributed by atoms with Crippen LogP contribution in [-0.2, 0) is 11.2 Å². The Bertz CT molecular complexity index is 992. The zero-order chi connectivity index (χ0) is 19.6. The molecular formula is C23H25N3O3. The Labute approximate surface area is 169 Å². The lowest BCUT2D eigenvalue weighted by Crippen LogP contribution is -2.35. The van der Waals surface area contributed by atoms with Crippen LogP contribution in [0.2, 0.25) is 0 Å². The molecule has 2 fully saturated rings. The minimum atomic E-state index is -0.300. The summed E-state index contributed by atoms with van der Waals surface area (Å²) < 4.78 is 11.5. The Kier molecular flexibility index (Phi) is 4.84. The van der Waals surface area contributed by atoms with E-state index in [0.717, 1.165) is 47.3 Å². The van der Waals surface area contributed by atoms with Crippen molar-refractivity contribution in [1.82, 2.24) is 9.97 Å². The van der Waals surface area contributed by atoms with Gasteiger partial charge in [-0.3, -0.25) is 4.90 Å². The Hall–Kier alpha value is -3.02. The fourth-order valence-electron chi connectivity index (χ4n) is 4.35. The van der Waals surface area contributed by atoms with E-state index in [1.165, 1.54) is 19.3 Å². The van der Waals surface area contributed by atoms with Gasteiger partial charge < -0.3 is 14.5 Å². The van der Waals surface area contributed by atoms with Crippen molar-refractivity contribution in [1.29, 1.82) is 0 Å². The van der Waals surface area contributed by atoms with Crippen molar-refractivity contribution in [2.24, 2.45) is 0 Å². The van der Waals surface area contributed by atoms with Crippen LogP contribution < -0.4 is 9.64 Å². The van der Waals surface area contributed by atoms with Gasteiger partial charge >= 0.3 is 6.09 Å². The molecule has 3 aromatic rings. The quantitative estimate of drug-likeness (QED) is 0.676. The number of H-pyrrole nitrogens is 1. The Morgan fingerprint density at radius 2 is 1.93 bits per heavy atom. The number of hydrogen-bond donors (Lipinski definition) is 1. The van der Waals surface area contributed by atoms with E-state index in [1.54, 1.807) is 11.2 Å². The second kappa shape index (κ2) is 7.78. The summed E-state index contributed by atoms with van der Waals surface area (Å²) in [6.45, 7) is 0.389. The maximum atomic E-state index is 12.4. The average molecular weight is 391 g/mol. The van der Waals surface area contributed by atoms with Gasteiger partial charge in [0.25, 0.3) is 0 Å². The maximum absolute atomic E-state index is 12.4. The molecule has 1 aliphatic carbocycles. The number of benzene rings is 2. The van der Waals surface area contributed by atoms with Crippen LogP contribution in [0.15, 0.2) is 48.8 Å². The minimum absolute atomic E-state index is 0.0343. The molecule has 2 aromatic carbocycles. The van der Waals surface area contributed by atoms with E-state index in [2.05, 4.69) is 22.1 Å². The Morgan fingerprint density at radius 1 is 1.10 bits per heavy atom. The number of cyclic esters (lactones) is 1. The zero-order valence-electron chi connectivity index (χ0n) is 16.3. The van der Waals surface area contributed by atoms with Crippen LogP contribution in [0.25, 0.3) is 11.0 Å². The lowest BCUT2D eigenvalue weighted by atomic mass is 9.98. The summed E-state index contributed by atoms with van der Waals surface area (Å²) in [6.07, 6.45) is 8.59. The predicted octanol–water partition coefficient (Wildman–Crippen LogP) is 4.84. The summed E-state index contributed by atoms with van der Waals surface area (Å²) in [7, 11) is 0. The van der Waals surface area contributed by atoms with Gasteiger partial charge in [-0.05, 0) is 68.0 Å². The van der Waals surface area contributed by atoms with Crippen LogP contribution in [0.1, 0.15) is 37.7 Å². The van der Waals surface area contributed by atoms with Crippen LogP contribution in [0.4, 0.5) is 10.5 Å². The first-order valence-electron chi connectivity index (χ1n) is 10.4. The highest BCUT2D eigenvalue weighted by Crippen LogP contribution is 2.28. The molecule has 0 radical (unpaired) electrons. The molecule has 6 heteroatoms. The van der Waals surface area contributed by atoms with E-state index in [9.17, 15) is 4.79 Å². The number of nitrogens with zero attached hydrogens (tertiary/aromatic N) is 2. The van der Waals surface area contributed by atoms with Crippen molar-refractivity contribution >= 4 is 22.8 Å². The SMILES string of the molecule is O=C1OC[C@H](Cc2ccc(OC3CCCCC3)cc2)N1c1ccc2nc[nH]c2c1. The minimum Gasteiger partial charge on any atom is -0.490 e. The Balaban J connectivity index is 1.29. The van der Waals surface area contributed by atoms with Gasteiger partial charge in [0.1, 0.15) is 12.4 Å². The van der Waals surface area contributed by atoms with Crippen LogP contribution in [0, 0.1) is 0 Å². The van der Waals surface area contributed by atoms with Crippen molar-refractivity contribution in [2.75, 3.05) is 11.5 Å². The predicted molar refractivity (Wildman–Crippen MR) is 111 cm³/mol. The van der Waals surface area contributed by atoms with Gasteiger partial charge in [-0.15, -0.1) is 0 Å². The summed E-state index contributed by atoms with van der Waals surface area (Å²) in [5, 5.41) is 0. The molecule has 6 nitrogen and oxygen atoms in total. The van der Waals surface area contributed by atoms with E-state index >= 15 is 0 Å². The molecule has 1 saturated carbocycles. The third-order valence-electron chi connectivity index (χ3n) is 5.89. The molecule has 1 N–H and O–H groups in total. The molecule has 0 bridgehead atoms. The van der Waals surface area contributed by atoms with Crippen LogP contribution in [0.3, 0.4) is 0 Å². The first-order chi connectivity index (χ1) is 14.3. The lowest BCUT2D eigenvalue weighted by Gasteiger charge is -2.23. The van der Waals surface area contributed by atoms with Gasteiger partial charge in [0.05, 0.1) is 29.5 Å². The summed E-state index contributed by atoms with van der Waals surface area (Å²) in [4.78, 5) is 21.5. The molecule has 5 rings (SSSR count). The molecule has 1 aliphatic heterocycles. The van der Waals surface area contributed by atoms with Gasteiger partial charge in [-0.1, -0.05) is 18.6 Å². The van der Waals surface area contributed by atoms with Gasteiger partial charge in [0, 0.05) is 5.69 Å². The number of anilines is 1. The third-order valence-corrected chi connectivity index (χ3v) is 5.89. The van der Waals surface area contributed by atoms with Gasteiger partial charge in [-0.25, -0.2) is 9.78 Å². The zero-order valence-corrected chi connectivity index (χ0v) is 16.3. The fourth-order valence-corrected chi connectivity index (χ4v) is 4.35. The monoisotopic (exact) mass is 391 g/mol. The summed E-state index contributed by atoms with van der Waals surface area (Å²) in [6, 6.07) is 14.0. The first kappa shape index (κ1) is 18.0. The maximum Gasteiger partial charge on any atom is 0.414 e. The number of amides is 1. The second-order valence-corrected chi connectivity index (χ2v) is 7.93. The summed E-state index contributed by atoms with van der Waals surface area (Å²) >= 11 is 0. The molecule has 1 amide bonds. The molecule has 1 atom stereocenters. The molecular weight excluding hydrogens is 366 g/mol. The first-order valence-corrected chi connectivity index (χ1v) is 10.4. The normalized spacial score (nSPS) is 20.2. The number of carbonyl (C=O) groups is 1. The van der Waals surface area contributed by atoms with Crippen molar-refractivity contribution in [3.63, 3.8) is 0 Å².